The Bertz CT molecular complexity index is 200. The first-order valence-corrected chi connectivity index (χ1v) is 5.46. The van der Waals surface area contributed by atoms with Gasteiger partial charge < -0.3 is 10.1 Å². The summed E-state index contributed by atoms with van der Waals surface area (Å²) < 4.78 is 5.75. The lowest BCUT2D eigenvalue weighted by molar-refractivity contribution is -0.00881. The minimum absolute atomic E-state index is 0.163. The molecule has 3 atom stereocenters. The fourth-order valence-corrected chi connectivity index (χ4v) is 1.93. The van der Waals surface area contributed by atoms with Crippen molar-refractivity contribution in [2.24, 2.45) is 5.92 Å². The van der Waals surface area contributed by atoms with Crippen LogP contribution < -0.4 is 5.32 Å². The molecule has 0 bridgehead atoms. The van der Waals surface area contributed by atoms with Crippen molar-refractivity contribution >= 4 is 0 Å². The Balaban J connectivity index is 2.25. The number of nitriles is 1. The number of ether oxygens (including phenoxy) is 1. The molecule has 1 fully saturated rings. The minimum Gasteiger partial charge on any atom is -0.375 e. The first-order chi connectivity index (χ1) is 6.77. The van der Waals surface area contributed by atoms with Crippen molar-refractivity contribution in [3.05, 3.63) is 0 Å². The third-order valence-electron chi connectivity index (χ3n) is 3.01. The average molecular weight is 196 g/mol. The molecule has 0 radical (unpaired) electrons. The predicted molar refractivity (Wildman–Crippen MR) is 55.8 cm³/mol. The molecule has 3 heteroatoms. The highest BCUT2D eigenvalue weighted by molar-refractivity contribution is 4.88. The Kier molecular flexibility index (Phi) is 4.92. The summed E-state index contributed by atoms with van der Waals surface area (Å²) in [5.41, 5.74) is 0. The van der Waals surface area contributed by atoms with E-state index in [1.165, 1.54) is 19.3 Å². The largest absolute Gasteiger partial charge is 0.375 e. The molecule has 0 amide bonds. The van der Waals surface area contributed by atoms with E-state index in [0.29, 0.717) is 18.6 Å². The Morgan fingerprint density at radius 2 is 2.21 bits per heavy atom. The van der Waals surface area contributed by atoms with Gasteiger partial charge in [0.05, 0.1) is 18.8 Å². The molecule has 80 valence electrons. The zero-order valence-electron chi connectivity index (χ0n) is 9.12. The quantitative estimate of drug-likeness (QED) is 0.744. The van der Waals surface area contributed by atoms with Crippen LogP contribution in [0.5, 0.6) is 0 Å². The molecule has 1 N–H and O–H groups in total. The van der Waals surface area contributed by atoms with Crippen LogP contribution in [-0.4, -0.2) is 25.8 Å². The van der Waals surface area contributed by atoms with Crippen LogP contribution >= 0.6 is 0 Å². The van der Waals surface area contributed by atoms with Gasteiger partial charge in [-0.1, -0.05) is 19.8 Å². The molecule has 1 rings (SSSR count). The Labute approximate surface area is 86.4 Å². The second-order valence-electron chi connectivity index (χ2n) is 4.10. The SMILES string of the molecule is CNC(C#N)COC1CCCCC1C. The number of nitrogens with zero attached hydrogens (tertiary/aromatic N) is 1. The maximum absolute atomic E-state index is 8.73. The van der Waals surface area contributed by atoms with E-state index in [4.69, 9.17) is 10.00 Å². The fraction of sp³-hybridized carbons (Fsp3) is 0.909. The van der Waals surface area contributed by atoms with Gasteiger partial charge in [-0.15, -0.1) is 0 Å². The maximum Gasteiger partial charge on any atom is 0.119 e. The first kappa shape index (κ1) is 11.5. The van der Waals surface area contributed by atoms with Crippen molar-refractivity contribution in [1.29, 1.82) is 5.26 Å². The standard InChI is InChI=1S/C11H20N2O/c1-9-5-3-4-6-11(9)14-8-10(7-12)13-2/h9-11,13H,3-6,8H2,1-2H3. The lowest BCUT2D eigenvalue weighted by Crippen LogP contribution is -2.34. The van der Waals surface area contributed by atoms with E-state index in [0.717, 1.165) is 6.42 Å². The minimum atomic E-state index is -0.163. The van der Waals surface area contributed by atoms with Crippen LogP contribution in [0.2, 0.25) is 0 Å². The number of rotatable bonds is 4. The second kappa shape index (κ2) is 6.00. The zero-order valence-corrected chi connectivity index (χ0v) is 9.12. The van der Waals surface area contributed by atoms with Crippen LogP contribution in [0, 0.1) is 17.2 Å². The molecular formula is C11H20N2O. The van der Waals surface area contributed by atoms with Crippen molar-refractivity contribution in [2.75, 3.05) is 13.7 Å². The van der Waals surface area contributed by atoms with Crippen molar-refractivity contribution in [1.82, 2.24) is 5.32 Å². The molecule has 1 aliphatic rings. The van der Waals surface area contributed by atoms with Gasteiger partial charge in [-0.25, -0.2) is 0 Å². The van der Waals surface area contributed by atoms with Crippen LogP contribution in [-0.2, 0) is 4.74 Å². The highest BCUT2D eigenvalue weighted by Gasteiger charge is 2.22. The second-order valence-corrected chi connectivity index (χ2v) is 4.10. The molecule has 3 unspecified atom stereocenters. The zero-order chi connectivity index (χ0) is 10.4. The van der Waals surface area contributed by atoms with Gasteiger partial charge >= 0.3 is 0 Å². The predicted octanol–water partition coefficient (Wildman–Crippen LogP) is 1.69. The highest BCUT2D eigenvalue weighted by Crippen LogP contribution is 2.26. The number of likely N-dealkylation sites (N-methyl/N-ethyl adjacent to an activating group) is 1. The number of nitrogens with one attached hydrogen (secondary N) is 1. The fourth-order valence-electron chi connectivity index (χ4n) is 1.93. The van der Waals surface area contributed by atoms with Gasteiger partial charge in [-0.05, 0) is 25.8 Å². The Hall–Kier alpha value is -0.590. The third-order valence-corrected chi connectivity index (χ3v) is 3.01. The van der Waals surface area contributed by atoms with E-state index in [1.807, 2.05) is 0 Å². The van der Waals surface area contributed by atoms with Gasteiger partial charge in [0.2, 0.25) is 0 Å². The van der Waals surface area contributed by atoms with Gasteiger partial charge in [0, 0.05) is 0 Å². The highest BCUT2D eigenvalue weighted by atomic mass is 16.5. The molecule has 0 aromatic carbocycles. The topological polar surface area (TPSA) is 45.0 Å². The van der Waals surface area contributed by atoms with Gasteiger partial charge in [0.15, 0.2) is 0 Å². The monoisotopic (exact) mass is 196 g/mol. The van der Waals surface area contributed by atoms with Crippen molar-refractivity contribution < 1.29 is 4.74 Å². The van der Waals surface area contributed by atoms with Crippen molar-refractivity contribution in [3.63, 3.8) is 0 Å². The third kappa shape index (κ3) is 3.28. The van der Waals surface area contributed by atoms with Crippen molar-refractivity contribution in [3.8, 4) is 6.07 Å². The summed E-state index contributed by atoms with van der Waals surface area (Å²) in [5.74, 6) is 0.653. The summed E-state index contributed by atoms with van der Waals surface area (Å²) >= 11 is 0. The molecular weight excluding hydrogens is 176 g/mol. The summed E-state index contributed by atoms with van der Waals surface area (Å²) in [6, 6.07) is 2.01. The molecule has 0 heterocycles. The van der Waals surface area contributed by atoms with Crippen LogP contribution in [0.3, 0.4) is 0 Å². The summed E-state index contributed by atoms with van der Waals surface area (Å²) in [6.07, 6.45) is 5.39. The molecule has 0 spiro atoms. The Morgan fingerprint density at radius 3 is 2.79 bits per heavy atom. The van der Waals surface area contributed by atoms with Crippen molar-refractivity contribution in [2.45, 2.75) is 44.8 Å². The smallest absolute Gasteiger partial charge is 0.119 e. The molecule has 0 aromatic rings. The van der Waals surface area contributed by atoms with Crippen LogP contribution in [0.15, 0.2) is 0 Å². The molecule has 1 saturated carbocycles. The molecule has 0 aromatic heterocycles. The molecule has 1 aliphatic carbocycles. The number of hydrogen-bond donors (Lipinski definition) is 1. The first-order valence-electron chi connectivity index (χ1n) is 5.46. The van der Waals surface area contributed by atoms with E-state index in [1.54, 1.807) is 7.05 Å². The lowest BCUT2D eigenvalue weighted by Gasteiger charge is -2.29. The van der Waals surface area contributed by atoms with E-state index in [9.17, 15) is 0 Å². The van der Waals surface area contributed by atoms with Gasteiger partial charge in [0.1, 0.15) is 6.04 Å². The summed E-state index contributed by atoms with van der Waals surface area (Å²) in [5, 5.41) is 11.6. The lowest BCUT2D eigenvalue weighted by atomic mass is 9.88. The molecule has 0 saturated heterocycles. The van der Waals surface area contributed by atoms with Crippen LogP contribution in [0.4, 0.5) is 0 Å². The van der Waals surface area contributed by atoms with E-state index >= 15 is 0 Å². The molecule has 14 heavy (non-hydrogen) atoms. The van der Waals surface area contributed by atoms with Gasteiger partial charge in [-0.3, -0.25) is 0 Å². The van der Waals surface area contributed by atoms with E-state index in [-0.39, 0.29) is 6.04 Å². The van der Waals surface area contributed by atoms with E-state index in [2.05, 4.69) is 18.3 Å². The summed E-state index contributed by atoms with van der Waals surface area (Å²) in [6.45, 7) is 2.76. The number of hydrogen-bond acceptors (Lipinski definition) is 3. The van der Waals surface area contributed by atoms with Crippen LogP contribution in [0.25, 0.3) is 0 Å². The maximum atomic E-state index is 8.73. The molecule has 0 aliphatic heterocycles. The normalized spacial score (nSPS) is 29.5. The Morgan fingerprint density at radius 1 is 1.50 bits per heavy atom. The average Bonchev–Trinajstić information content (AvgIpc) is 2.22. The molecule has 3 nitrogen and oxygen atoms in total. The van der Waals surface area contributed by atoms with Crippen LogP contribution in [0.1, 0.15) is 32.6 Å². The van der Waals surface area contributed by atoms with E-state index < -0.39 is 0 Å². The van der Waals surface area contributed by atoms with Gasteiger partial charge in [-0.2, -0.15) is 5.26 Å². The van der Waals surface area contributed by atoms with Gasteiger partial charge in [0.25, 0.3) is 0 Å². The summed E-state index contributed by atoms with van der Waals surface area (Å²) in [7, 11) is 1.79. The summed E-state index contributed by atoms with van der Waals surface area (Å²) in [4.78, 5) is 0.